The number of nitrogens with one attached hydrogen (secondary N) is 2. The number of aryl methyl sites for hydroxylation is 1. The first-order chi connectivity index (χ1) is 12.8. The third-order valence-corrected chi connectivity index (χ3v) is 3.89. The minimum absolute atomic E-state index is 0.0198. The molecule has 2 aromatic heterocycles. The Hall–Kier alpha value is -3.17. The number of carbonyl (C=O) groups is 3. The fraction of sp³-hybridized carbons (Fsp3) is 0.471. The molecule has 0 saturated carbocycles. The van der Waals surface area contributed by atoms with E-state index in [2.05, 4.69) is 15.6 Å². The summed E-state index contributed by atoms with van der Waals surface area (Å²) in [5.74, 6) is -1.21. The molecule has 0 aliphatic heterocycles. The number of amides is 3. The minimum atomic E-state index is -0.706. The van der Waals surface area contributed by atoms with Crippen LogP contribution in [0.1, 0.15) is 43.3 Å². The van der Waals surface area contributed by atoms with Crippen LogP contribution in [-0.2, 0) is 16.1 Å². The van der Waals surface area contributed by atoms with E-state index in [1.54, 1.807) is 13.8 Å². The van der Waals surface area contributed by atoms with Gasteiger partial charge in [-0.05, 0) is 27.2 Å². The van der Waals surface area contributed by atoms with Gasteiger partial charge in [-0.1, -0.05) is 6.92 Å². The van der Waals surface area contributed by atoms with Crippen LogP contribution in [0, 0.1) is 6.92 Å². The van der Waals surface area contributed by atoms with Crippen LogP contribution in [0.3, 0.4) is 0 Å². The monoisotopic (exact) mass is 378 g/mol. The average molecular weight is 378 g/mol. The minimum Gasteiger partial charge on any atom is -0.462 e. The Labute approximate surface area is 154 Å². The van der Waals surface area contributed by atoms with Gasteiger partial charge in [0.1, 0.15) is 29.6 Å². The number of furan rings is 1. The van der Waals surface area contributed by atoms with E-state index in [1.165, 1.54) is 6.92 Å². The molecule has 2 N–H and O–H groups in total. The van der Waals surface area contributed by atoms with E-state index in [0.29, 0.717) is 6.42 Å². The van der Waals surface area contributed by atoms with E-state index < -0.39 is 30.0 Å². The van der Waals surface area contributed by atoms with Crippen LogP contribution >= 0.6 is 0 Å². The Morgan fingerprint density at radius 2 is 2.04 bits per heavy atom. The first-order valence-corrected chi connectivity index (χ1v) is 8.54. The van der Waals surface area contributed by atoms with Crippen LogP contribution in [0.15, 0.2) is 15.5 Å². The molecular formula is C17H22N4O6. The van der Waals surface area contributed by atoms with Crippen LogP contribution in [-0.4, -0.2) is 40.1 Å². The third kappa shape index (κ3) is 4.52. The maximum absolute atomic E-state index is 12.7. The van der Waals surface area contributed by atoms with Crippen molar-refractivity contribution in [3.8, 4) is 0 Å². The number of aromatic nitrogens is 2. The van der Waals surface area contributed by atoms with Gasteiger partial charge in [-0.2, -0.15) is 0 Å². The number of hydrogen-bond donors (Lipinski definition) is 2. The maximum Gasteiger partial charge on any atom is 0.342 e. The number of ether oxygens (including phenoxy) is 1. The topological polar surface area (TPSA) is 133 Å². The predicted molar refractivity (Wildman–Crippen MR) is 95.4 cm³/mol. The van der Waals surface area contributed by atoms with Crippen molar-refractivity contribution < 1.29 is 23.5 Å². The molecule has 3 amide bonds. The van der Waals surface area contributed by atoms with Gasteiger partial charge in [0.15, 0.2) is 0 Å². The van der Waals surface area contributed by atoms with E-state index in [-0.39, 0.29) is 35.1 Å². The standard InChI is InChI=1S/C17H22N4O6/c1-5-9(3)19-17(25)20-11(22)7-21-8-18-14-13(15(21)23)12(10(4)27-14)16(24)26-6-2/h8-9H,5-7H2,1-4H3,(H2,19,20,22,25)/t9-/m1/s1. The fourth-order valence-corrected chi connectivity index (χ4v) is 2.38. The maximum atomic E-state index is 12.7. The van der Waals surface area contributed by atoms with E-state index in [9.17, 15) is 19.2 Å². The van der Waals surface area contributed by atoms with E-state index >= 15 is 0 Å². The highest BCUT2D eigenvalue weighted by atomic mass is 16.5. The number of esters is 1. The summed E-state index contributed by atoms with van der Waals surface area (Å²) in [4.78, 5) is 52.5. The summed E-state index contributed by atoms with van der Waals surface area (Å²) in [5.41, 5.74) is -0.683. The molecule has 1 atom stereocenters. The SMILES string of the molecule is CCOC(=O)c1c(C)oc2ncn(CC(=O)NC(=O)N[C@H](C)CC)c(=O)c12. The van der Waals surface area contributed by atoms with Crippen LogP contribution in [0.25, 0.3) is 11.1 Å². The first-order valence-electron chi connectivity index (χ1n) is 8.54. The number of carbonyl (C=O) groups excluding carboxylic acids is 3. The Morgan fingerprint density at radius 1 is 1.33 bits per heavy atom. The second kappa shape index (κ2) is 8.47. The summed E-state index contributed by atoms with van der Waals surface area (Å²) >= 11 is 0. The van der Waals surface area contributed by atoms with Gasteiger partial charge in [-0.3, -0.25) is 19.5 Å². The normalized spacial score (nSPS) is 11.9. The van der Waals surface area contributed by atoms with Gasteiger partial charge in [0.2, 0.25) is 11.6 Å². The highest BCUT2D eigenvalue weighted by Crippen LogP contribution is 2.21. The lowest BCUT2D eigenvalue weighted by Gasteiger charge is -2.12. The van der Waals surface area contributed by atoms with Gasteiger partial charge in [0.25, 0.3) is 5.56 Å². The van der Waals surface area contributed by atoms with Gasteiger partial charge in [0, 0.05) is 6.04 Å². The zero-order valence-corrected chi connectivity index (χ0v) is 15.6. The van der Waals surface area contributed by atoms with Crippen molar-refractivity contribution in [2.45, 2.75) is 46.7 Å². The number of hydrogen-bond acceptors (Lipinski definition) is 7. The average Bonchev–Trinajstić information content (AvgIpc) is 2.94. The molecule has 0 radical (unpaired) electrons. The quantitative estimate of drug-likeness (QED) is 0.719. The second-order valence-electron chi connectivity index (χ2n) is 5.94. The smallest absolute Gasteiger partial charge is 0.342 e. The van der Waals surface area contributed by atoms with E-state index in [1.807, 2.05) is 6.92 Å². The van der Waals surface area contributed by atoms with Crippen LogP contribution in [0.2, 0.25) is 0 Å². The summed E-state index contributed by atoms with van der Waals surface area (Å²) in [6.07, 6.45) is 1.83. The largest absolute Gasteiger partial charge is 0.462 e. The molecule has 0 saturated heterocycles. The van der Waals surface area contributed by atoms with Gasteiger partial charge in [-0.15, -0.1) is 0 Å². The molecule has 0 unspecified atom stereocenters. The van der Waals surface area contributed by atoms with E-state index in [4.69, 9.17) is 9.15 Å². The molecule has 2 aromatic rings. The summed E-state index contributed by atoms with van der Waals surface area (Å²) in [7, 11) is 0. The molecule has 10 heteroatoms. The zero-order valence-electron chi connectivity index (χ0n) is 15.6. The highest BCUT2D eigenvalue weighted by Gasteiger charge is 2.24. The third-order valence-electron chi connectivity index (χ3n) is 3.89. The van der Waals surface area contributed by atoms with Crippen LogP contribution in [0.5, 0.6) is 0 Å². The number of fused-ring (bicyclic) bond motifs is 1. The lowest BCUT2D eigenvalue weighted by atomic mass is 10.2. The Bertz CT molecular complexity index is 929. The molecular weight excluding hydrogens is 356 g/mol. The Kier molecular flexibility index (Phi) is 6.32. The second-order valence-corrected chi connectivity index (χ2v) is 5.94. The van der Waals surface area contributed by atoms with Crippen LogP contribution in [0.4, 0.5) is 4.79 Å². The molecule has 10 nitrogen and oxygen atoms in total. The number of imide groups is 1. The highest BCUT2D eigenvalue weighted by molar-refractivity contribution is 6.03. The lowest BCUT2D eigenvalue weighted by molar-refractivity contribution is -0.120. The molecule has 0 aromatic carbocycles. The van der Waals surface area contributed by atoms with Crippen LogP contribution < -0.4 is 16.2 Å². The Morgan fingerprint density at radius 3 is 2.67 bits per heavy atom. The van der Waals surface area contributed by atoms with Gasteiger partial charge >= 0.3 is 12.0 Å². The van der Waals surface area contributed by atoms with Gasteiger partial charge in [0.05, 0.1) is 6.61 Å². The van der Waals surface area contributed by atoms with E-state index in [0.717, 1.165) is 10.9 Å². The van der Waals surface area contributed by atoms with Crippen molar-refractivity contribution in [2.24, 2.45) is 0 Å². The molecule has 146 valence electrons. The number of urea groups is 1. The molecule has 0 spiro atoms. The zero-order chi connectivity index (χ0) is 20.1. The number of rotatable bonds is 6. The van der Waals surface area contributed by atoms with Crippen molar-refractivity contribution in [3.05, 3.63) is 28.0 Å². The molecule has 0 fully saturated rings. The lowest BCUT2D eigenvalue weighted by Crippen LogP contribution is -2.45. The molecule has 2 rings (SSSR count). The van der Waals surface area contributed by atoms with Crippen molar-refractivity contribution in [3.63, 3.8) is 0 Å². The van der Waals surface area contributed by atoms with Crippen molar-refractivity contribution in [1.82, 2.24) is 20.2 Å². The summed E-state index contributed by atoms with van der Waals surface area (Å²) in [6.45, 7) is 6.53. The first kappa shape index (κ1) is 20.1. The molecule has 0 aliphatic carbocycles. The van der Waals surface area contributed by atoms with Gasteiger partial charge < -0.3 is 14.5 Å². The summed E-state index contributed by atoms with van der Waals surface area (Å²) < 4.78 is 11.3. The molecule has 2 heterocycles. The number of nitrogens with zero attached hydrogens (tertiary/aromatic N) is 2. The van der Waals surface area contributed by atoms with Crippen molar-refractivity contribution in [2.75, 3.05) is 6.61 Å². The summed E-state index contributed by atoms with van der Waals surface area (Å²) in [5, 5.41) is 4.66. The van der Waals surface area contributed by atoms with Crippen molar-refractivity contribution >= 4 is 29.0 Å². The summed E-state index contributed by atoms with van der Waals surface area (Å²) in [6, 6.07) is -0.748. The molecule has 0 aliphatic rings. The fourth-order valence-electron chi connectivity index (χ4n) is 2.38. The van der Waals surface area contributed by atoms with Gasteiger partial charge in [-0.25, -0.2) is 14.6 Å². The predicted octanol–water partition coefficient (Wildman–Crippen LogP) is 1.10. The molecule has 27 heavy (non-hydrogen) atoms. The molecule has 0 bridgehead atoms. The van der Waals surface area contributed by atoms with Crippen molar-refractivity contribution in [1.29, 1.82) is 0 Å². The Balaban J connectivity index is 2.27.